The smallest absolute Gasteiger partial charge is 0.0593 e. The number of hydrogen-bond acceptors (Lipinski definition) is 3. The van der Waals surface area contributed by atoms with Crippen molar-refractivity contribution >= 4 is 11.8 Å². The minimum atomic E-state index is 0.840. The van der Waals surface area contributed by atoms with Crippen molar-refractivity contribution < 1.29 is 4.74 Å². The molecule has 0 spiro atoms. The van der Waals surface area contributed by atoms with Crippen LogP contribution in [0.1, 0.15) is 20.3 Å². The van der Waals surface area contributed by atoms with E-state index in [4.69, 9.17) is 4.74 Å². The number of piperidine rings is 1. The van der Waals surface area contributed by atoms with Crippen LogP contribution in [0.4, 0.5) is 0 Å². The summed E-state index contributed by atoms with van der Waals surface area (Å²) < 4.78 is 5.77. The Morgan fingerprint density at radius 3 is 2.50 bits per heavy atom. The molecule has 1 aliphatic rings. The molecule has 112 valence electrons. The highest BCUT2D eigenvalue weighted by Gasteiger charge is 2.20. The van der Waals surface area contributed by atoms with E-state index < -0.39 is 0 Å². The molecule has 1 saturated heterocycles. The second-order valence-electron chi connectivity index (χ2n) is 5.98. The average Bonchev–Trinajstić information content (AvgIpc) is 2.43. The lowest BCUT2D eigenvalue weighted by Gasteiger charge is -2.34. The van der Waals surface area contributed by atoms with E-state index in [-0.39, 0.29) is 0 Å². The number of rotatable bonds is 7. The lowest BCUT2D eigenvalue weighted by molar-refractivity contribution is 0.0803. The monoisotopic (exact) mass is 293 g/mol. The third kappa shape index (κ3) is 5.86. The van der Waals surface area contributed by atoms with Gasteiger partial charge < -0.3 is 9.64 Å². The third-order valence-corrected chi connectivity index (χ3v) is 4.71. The summed E-state index contributed by atoms with van der Waals surface area (Å²) in [5, 5.41) is 0. The molecule has 20 heavy (non-hydrogen) atoms. The Labute approximate surface area is 127 Å². The average molecular weight is 293 g/mol. The van der Waals surface area contributed by atoms with E-state index in [1.165, 1.54) is 24.4 Å². The zero-order chi connectivity index (χ0) is 14.2. The van der Waals surface area contributed by atoms with E-state index in [1.807, 2.05) is 11.8 Å². The number of likely N-dealkylation sites (tertiary alicyclic amines) is 1. The first kappa shape index (κ1) is 15.9. The highest BCUT2D eigenvalue weighted by atomic mass is 32.2. The highest BCUT2D eigenvalue weighted by Crippen LogP contribution is 2.20. The first-order valence-corrected chi connectivity index (χ1v) is 8.70. The molecule has 1 aliphatic heterocycles. The van der Waals surface area contributed by atoms with Gasteiger partial charge in [-0.25, -0.2) is 0 Å². The zero-order valence-electron chi connectivity index (χ0n) is 12.8. The Bertz CT molecular complexity index is 361. The van der Waals surface area contributed by atoms with Crippen LogP contribution in [0.2, 0.25) is 0 Å². The molecule has 0 saturated carbocycles. The molecule has 0 unspecified atom stereocenters. The van der Waals surface area contributed by atoms with Crippen molar-refractivity contribution in [1.29, 1.82) is 0 Å². The third-order valence-electron chi connectivity index (χ3n) is 3.74. The molecular weight excluding hydrogens is 266 g/mol. The van der Waals surface area contributed by atoms with E-state index in [0.717, 1.165) is 37.3 Å². The quantitative estimate of drug-likeness (QED) is 0.561. The molecule has 0 aliphatic carbocycles. The van der Waals surface area contributed by atoms with Crippen molar-refractivity contribution in [1.82, 2.24) is 4.90 Å². The van der Waals surface area contributed by atoms with E-state index in [0.29, 0.717) is 0 Å². The van der Waals surface area contributed by atoms with Crippen molar-refractivity contribution in [3.63, 3.8) is 0 Å². The summed E-state index contributed by atoms with van der Waals surface area (Å²) in [6.07, 6.45) is 1.38. The van der Waals surface area contributed by atoms with Crippen molar-refractivity contribution in [2.45, 2.75) is 25.2 Å². The summed E-state index contributed by atoms with van der Waals surface area (Å²) in [5.41, 5.74) is 0. The van der Waals surface area contributed by atoms with Gasteiger partial charge in [0.05, 0.1) is 13.2 Å². The van der Waals surface area contributed by atoms with Gasteiger partial charge in [0.25, 0.3) is 0 Å². The van der Waals surface area contributed by atoms with Crippen molar-refractivity contribution in [3.05, 3.63) is 30.3 Å². The van der Waals surface area contributed by atoms with Crippen LogP contribution in [0.3, 0.4) is 0 Å². The van der Waals surface area contributed by atoms with Crippen molar-refractivity contribution in [3.8, 4) is 0 Å². The summed E-state index contributed by atoms with van der Waals surface area (Å²) in [6.45, 7) is 10.0. The number of benzene rings is 1. The molecule has 0 N–H and O–H groups in total. The van der Waals surface area contributed by atoms with Gasteiger partial charge in [-0.05, 0) is 30.4 Å². The summed E-state index contributed by atoms with van der Waals surface area (Å²) in [6, 6.07) is 10.5. The van der Waals surface area contributed by atoms with E-state index in [1.54, 1.807) is 0 Å². The maximum Gasteiger partial charge on any atom is 0.0593 e. The second kappa shape index (κ2) is 8.71. The molecule has 2 rings (SSSR count). The van der Waals surface area contributed by atoms with Gasteiger partial charge in [-0.15, -0.1) is 11.8 Å². The number of hydrogen-bond donors (Lipinski definition) is 0. The topological polar surface area (TPSA) is 12.5 Å². The van der Waals surface area contributed by atoms with Crippen LogP contribution in [-0.4, -0.2) is 43.5 Å². The molecular formula is C17H27NOS. The van der Waals surface area contributed by atoms with Crippen molar-refractivity contribution in [2.24, 2.45) is 11.8 Å². The fourth-order valence-electron chi connectivity index (χ4n) is 3.01. The fourth-order valence-corrected chi connectivity index (χ4v) is 3.79. The molecule has 3 heteroatoms. The SMILES string of the molecule is C[C@@H]1C[C@H](C)CN(CCOCCSc2ccccc2)C1. The highest BCUT2D eigenvalue weighted by molar-refractivity contribution is 7.99. The zero-order valence-corrected chi connectivity index (χ0v) is 13.6. The maximum absolute atomic E-state index is 5.77. The van der Waals surface area contributed by atoms with E-state index in [2.05, 4.69) is 49.1 Å². The number of ether oxygens (including phenoxy) is 1. The molecule has 2 nitrogen and oxygen atoms in total. The van der Waals surface area contributed by atoms with Crippen molar-refractivity contribution in [2.75, 3.05) is 38.6 Å². The predicted molar refractivity (Wildman–Crippen MR) is 87.4 cm³/mol. The minimum absolute atomic E-state index is 0.840. The Kier molecular flexibility index (Phi) is 6.91. The Morgan fingerprint density at radius 2 is 1.80 bits per heavy atom. The summed E-state index contributed by atoms with van der Waals surface area (Å²) in [7, 11) is 0. The summed E-state index contributed by atoms with van der Waals surface area (Å²) in [5.74, 6) is 2.72. The van der Waals surface area contributed by atoms with Gasteiger partial charge >= 0.3 is 0 Å². The largest absolute Gasteiger partial charge is 0.379 e. The Hall–Kier alpha value is -0.510. The van der Waals surface area contributed by atoms with Crippen LogP contribution in [-0.2, 0) is 4.74 Å². The fraction of sp³-hybridized carbons (Fsp3) is 0.647. The van der Waals surface area contributed by atoms with Gasteiger partial charge in [-0.2, -0.15) is 0 Å². The molecule has 1 fully saturated rings. The lowest BCUT2D eigenvalue weighted by Crippen LogP contribution is -2.40. The second-order valence-corrected chi connectivity index (χ2v) is 7.15. The summed E-state index contributed by atoms with van der Waals surface area (Å²) in [4.78, 5) is 3.89. The molecule has 2 atom stereocenters. The van der Waals surface area contributed by atoms with Gasteiger partial charge in [-0.1, -0.05) is 32.0 Å². The maximum atomic E-state index is 5.77. The van der Waals surface area contributed by atoms with Gasteiger partial charge in [-0.3, -0.25) is 0 Å². The van der Waals surface area contributed by atoms with Gasteiger partial charge in [0.15, 0.2) is 0 Å². The van der Waals surface area contributed by atoms with Crippen LogP contribution in [0, 0.1) is 11.8 Å². The molecule has 0 amide bonds. The van der Waals surface area contributed by atoms with Crippen LogP contribution in [0.5, 0.6) is 0 Å². The molecule has 1 aromatic rings. The molecule has 1 aromatic carbocycles. The minimum Gasteiger partial charge on any atom is -0.379 e. The van der Waals surface area contributed by atoms with Gasteiger partial charge in [0.2, 0.25) is 0 Å². The van der Waals surface area contributed by atoms with Crippen LogP contribution in [0.25, 0.3) is 0 Å². The van der Waals surface area contributed by atoms with Crippen LogP contribution >= 0.6 is 11.8 Å². The van der Waals surface area contributed by atoms with Crippen LogP contribution in [0.15, 0.2) is 35.2 Å². The van der Waals surface area contributed by atoms with E-state index >= 15 is 0 Å². The summed E-state index contributed by atoms with van der Waals surface area (Å²) >= 11 is 1.87. The first-order chi connectivity index (χ1) is 9.74. The molecule has 0 bridgehead atoms. The number of nitrogens with zero attached hydrogens (tertiary/aromatic N) is 1. The Morgan fingerprint density at radius 1 is 1.10 bits per heavy atom. The Balaban J connectivity index is 1.51. The lowest BCUT2D eigenvalue weighted by atomic mass is 9.92. The molecule has 0 radical (unpaired) electrons. The van der Waals surface area contributed by atoms with Gasteiger partial charge in [0.1, 0.15) is 0 Å². The molecule has 0 aromatic heterocycles. The predicted octanol–water partition coefficient (Wildman–Crippen LogP) is 3.77. The molecule has 1 heterocycles. The van der Waals surface area contributed by atoms with Gasteiger partial charge in [0, 0.05) is 30.3 Å². The number of thioether (sulfide) groups is 1. The standard InChI is InChI=1S/C17H27NOS/c1-15-12-16(2)14-18(13-15)8-9-19-10-11-20-17-6-4-3-5-7-17/h3-7,15-16H,8-14H2,1-2H3/t15-,16+. The first-order valence-electron chi connectivity index (χ1n) is 7.72. The van der Waals surface area contributed by atoms with E-state index in [9.17, 15) is 0 Å². The van der Waals surface area contributed by atoms with Crippen LogP contribution < -0.4 is 0 Å². The normalized spacial score (nSPS) is 23.9.